The standard InChI is InChI=1S/C7H14N2O2/c8-6(7(9)10)5-2-1-3-11-4-5/h5-6H,1-4,8H2,(H2,9,10). The van der Waals surface area contributed by atoms with E-state index in [1.807, 2.05) is 0 Å². The van der Waals surface area contributed by atoms with Gasteiger partial charge in [-0.2, -0.15) is 0 Å². The van der Waals surface area contributed by atoms with Gasteiger partial charge in [0.15, 0.2) is 0 Å². The zero-order chi connectivity index (χ0) is 8.27. The Bertz CT molecular complexity index is 143. The molecule has 1 amide bonds. The molecule has 0 aromatic rings. The first-order valence-corrected chi connectivity index (χ1v) is 3.84. The summed E-state index contributed by atoms with van der Waals surface area (Å²) in [6, 6.07) is -0.532. The van der Waals surface area contributed by atoms with E-state index in [1.54, 1.807) is 0 Å². The second-order valence-corrected chi connectivity index (χ2v) is 2.91. The Morgan fingerprint density at radius 3 is 2.82 bits per heavy atom. The highest BCUT2D eigenvalue weighted by Crippen LogP contribution is 2.15. The van der Waals surface area contributed by atoms with Crippen LogP contribution in [0.25, 0.3) is 0 Å². The Morgan fingerprint density at radius 2 is 2.36 bits per heavy atom. The van der Waals surface area contributed by atoms with Crippen LogP contribution >= 0.6 is 0 Å². The molecule has 1 saturated heterocycles. The van der Waals surface area contributed by atoms with Crippen molar-refractivity contribution in [2.45, 2.75) is 18.9 Å². The predicted molar refractivity (Wildman–Crippen MR) is 40.7 cm³/mol. The SMILES string of the molecule is NC(=O)C(N)C1CCCOC1. The van der Waals surface area contributed by atoms with E-state index in [9.17, 15) is 4.79 Å². The van der Waals surface area contributed by atoms with E-state index in [0.29, 0.717) is 6.61 Å². The molecule has 1 aliphatic rings. The van der Waals surface area contributed by atoms with Gasteiger partial charge in [0.2, 0.25) is 5.91 Å². The highest BCUT2D eigenvalue weighted by molar-refractivity contribution is 5.79. The topological polar surface area (TPSA) is 78.3 Å². The average molecular weight is 158 g/mol. The first-order chi connectivity index (χ1) is 5.22. The Morgan fingerprint density at radius 1 is 1.64 bits per heavy atom. The largest absolute Gasteiger partial charge is 0.381 e. The zero-order valence-electron chi connectivity index (χ0n) is 6.45. The van der Waals surface area contributed by atoms with E-state index < -0.39 is 11.9 Å². The van der Waals surface area contributed by atoms with Crippen molar-refractivity contribution in [2.75, 3.05) is 13.2 Å². The minimum atomic E-state index is -0.532. The fourth-order valence-corrected chi connectivity index (χ4v) is 1.28. The van der Waals surface area contributed by atoms with E-state index in [1.165, 1.54) is 0 Å². The maximum Gasteiger partial charge on any atom is 0.234 e. The van der Waals surface area contributed by atoms with Gasteiger partial charge in [0.1, 0.15) is 0 Å². The molecule has 0 spiro atoms. The van der Waals surface area contributed by atoms with Gasteiger partial charge in [-0.15, -0.1) is 0 Å². The Balaban J connectivity index is 2.38. The second-order valence-electron chi connectivity index (χ2n) is 2.91. The van der Waals surface area contributed by atoms with Crippen molar-refractivity contribution >= 4 is 5.91 Å². The molecular formula is C7H14N2O2. The van der Waals surface area contributed by atoms with Gasteiger partial charge in [0.25, 0.3) is 0 Å². The lowest BCUT2D eigenvalue weighted by atomic mass is 9.94. The second kappa shape index (κ2) is 3.69. The molecule has 0 aromatic heterocycles. The van der Waals surface area contributed by atoms with Gasteiger partial charge in [-0.1, -0.05) is 0 Å². The normalized spacial score (nSPS) is 27.9. The molecule has 11 heavy (non-hydrogen) atoms. The molecule has 2 unspecified atom stereocenters. The minimum absolute atomic E-state index is 0.126. The number of rotatable bonds is 2. The molecule has 1 heterocycles. The van der Waals surface area contributed by atoms with Crippen molar-refractivity contribution in [3.05, 3.63) is 0 Å². The molecule has 4 N–H and O–H groups in total. The first kappa shape index (κ1) is 8.49. The van der Waals surface area contributed by atoms with Crippen LogP contribution in [0, 0.1) is 5.92 Å². The van der Waals surface area contributed by atoms with Crippen LogP contribution in [0.5, 0.6) is 0 Å². The first-order valence-electron chi connectivity index (χ1n) is 3.84. The highest BCUT2D eigenvalue weighted by atomic mass is 16.5. The monoisotopic (exact) mass is 158 g/mol. The fourth-order valence-electron chi connectivity index (χ4n) is 1.28. The van der Waals surface area contributed by atoms with Gasteiger partial charge in [-0.25, -0.2) is 0 Å². The lowest BCUT2D eigenvalue weighted by molar-refractivity contribution is -0.121. The number of hydrogen-bond acceptors (Lipinski definition) is 3. The Kier molecular flexibility index (Phi) is 2.84. The number of hydrogen-bond donors (Lipinski definition) is 2. The predicted octanol–water partition coefficient (Wildman–Crippen LogP) is -0.774. The quantitative estimate of drug-likeness (QED) is 0.553. The third-order valence-electron chi connectivity index (χ3n) is 2.03. The number of ether oxygens (including phenoxy) is 1. The Hall–Kier alpha value is -0.610. The van der Waals surface area contributed by atoms with Gasteiger partial charge in [-0.05, 0) is 12.8 Å². The summed E-state index contributed by atoms with van der Waals surface area (Å²) in [4.78, 5) is 10.6. The molecule has 4 heteroatoms. The molecule has 0 bridgehead atoms. The highest BCUT2D eigenvalue weighted by Gasteiger charge is 2.24. The smallest absolute Gasteiger partial charge is 0.234 e. The molecule has 0 saturated carbocycles. The number of carbonyl (C=O) groups is 1. The summed E-state index contributed by atoms with van der Waals surface area (Å²) in [6.07, 6.45) is 1.93. The number of carbonyl (C=O) groups excluding carboxylic acids is 1. The summed E-state index contributed by atoms with van der Waals surface area (Å²) < 4.78 is 5.17. The molecular weight excluding hydrogens is 144 g/mol. The molecule has 0 aromatic carbocycles. The summed E-state index contributed by atoms with van der Waals surface area (Å²) in [5, 5.41) is 0. The van der Waals surface area contributed by atoms with Crippen molar-refractivity contribution in [2.24, 2.45) is 17.4 Å². The summed E-state index contributed by atoms with van der Waals surface area (Å²) in [5.74, 6) is -0.304. The third-order valence-corrected chi connectivity index (χ3v) is 2.03. The summed E-state index contributed by atoms with van der Waals surface area (Å²) >= 11 is 0. The molecule has 2 atom stereocenters. The third kappa shape index (κ3) is 2.17. The van der Waals surface area contributed by atoms with Crippen LogP contribution in [0.3, 0.4) is 0 Å². The van der Waals surface area contributed by atoms with Crippen molar-refractivity contribution < 1.29 is 9.53 Å². The minimum Gasteiger partial charge on any atom is -0.381 e. The van der Waals surface area contributed by atoms with Crippen LogP contribution < -0.4 is 11.5 Å². The summed E-state index contributed by atoms with van der Waals surface area (Å²) in [6.45, 7) is 1.35. The zero-order valence-corrected chi connectivity index (χ0v) is 6.45. The number of amides is 1. The Labute approximate surface area is 65.9 Å². The molecule has 1 fully saturated rings. The van der Waals surface area contributed by atoms with Gasteiger partial charge in [0.05, 0.1) is 12.6 Å². The van der Waals surface area contributed by atoms with Crippen molar-refractivity contribution in [1.82, 2.24) is 0 Å². The summed E-state index contributed by atoms with van der Waals surface area (Å²) in [5.41, 5.74) is 10.6. The van der Waals surface area contributed by atoms with Crippen LogP contribution in [-0.4, -0.2) is 25.2 Å². The summed E-state index contributed by atoms with van der Waals surface area (Å²) in [7, 11) is 0. The maximum absolute atomic E-state index is 10.6. The maximum atomic E-state index is 10.6. The van der Waals surface area contributed by atoms with Crippen molar-refractivity contribution in [3.63, 3.8) is 0 Å². The van der Waals surface area contributed by atoms with Crippen LogP contribution in [0.2, 0.25) is 0 Å². The molecule has 1 rings (SSSR count). The number of primary amides is 1. The van der Waals surface area contributed by atoms with E-state index in [2.05, 4.69) is 0 Å². The number of nitrogens with two attached hydrogens (primary N) is 2. The molecule has 0 aliphatic carbocycles. The van der Waals surface area contributed by atoms with E-state index in [4.69, 9.17) is 16.2 Å². The fraction of sp³-hybridized carbons (Fsp3) is 0.857. The van der Waals surface area contributed by atoms with Gasteiger partial charge in [-0.3, -0.25) is 4.79 Å². The molecule has 4 nitrogen and oxygen atoms in total. The van der Waals surface area contributed by atoms with Crippen LogP contribution in [0.15, 0.2) is 0 Å². The molecule has 1 aliphatic heterocycles. The molecule has 0 radical (unpaired) electrons. The average Bonchev–Trinajstić information content (AvgIpc) is 2.05. The molecule has 64 valence electrons. The van der Waals surface area contributed by atoms with Gasteiger partial charge >= 0.3 is 0 Å². The van der Waals surface area contributed by atoms with E-state index in [0.717, 1.165) is 19.4 Å². The van der Waals surface area contributed by atoms with E-state index >= 15 is 0 Å². The van der Waals surface area contributed by atoms with Gasteiger partial charge < -0.3 is 16.2 Å². The van der Waals surface area contributed by atoms with Crippen molar-refractivity contribution in [1.29, 1.82) is 0 Å². The van der Waals surface area contributed by atoms with Gasteiger partial charge in [0, 0.05) is 12.5 Å². The lowest BCUT2D eigenvalue weighted by Crippen LogP contribution is -2.45. The van der Waals surface area contributed by atoms with Crippen LogP contribution in [-0.2, 0) is 9.53 Å². The van der Waals surface area contributed by atoms with Crippen LogP contribution in [0.4, 0.5) is 0 Å². The van der Waals surface area contributed by atoms with E-state index in [-0.39, 0.29) is 5.92 Å². The lowest BCUT2D eigenvalue weighted by Gasteiger charge is -2.25. The van der Waals surface area contributed by atoms with Crippen molar-refractivity contribution in [3.8, 4) is 0 Å². The van der Waals surface area contributed by atoms with Crippen LogP contribution in [0.1, 0.15) is 12.8 Å².